The number of halogens is 3. The Morgan fingerprint density at radius 1 is 1.46 bits per heavy atom. The number of thioether (sulfide) groups is 1. The first kappa shape index (κ1) is 24.5. The largest absolute Gasteiger partial charge is 0.319 e. The maximum atomic E-state index is 14.0. The highest BCUT2D eigenvalue weighted by atomic mass is 79.9. The number of aromatic nitrogens is 2. The Labute approximate surface area is 176 Å². The number of rotatable bonds is 8. The normalized spacial score (nSPS) is 11.0. The molecule has 0 amide bonds. The van der Waals surface area contributed by atoms with E-state index in [9.17, 15) is 18.8 Å². The fourth-order valence-electron chi connectivity index (χ4n) is 1.56. The maximum absolute atomic E-state index is 14.0. The molecule has 14 heteroatoms. The number of amidine groups is 1. The van der Waals surface area contributed by atoms with E-state index in [0.717, 1.165) is 36.9 Å². The van der Waals surface area contributed by atoms with Crippen LogP contribution in [0.15, 0.2) is 31.3 Å². The summed E-state index contributed by atoms with van der Waals surface area (Å²) >= 11 is 5.14. The van der Waals surface area contributed by atoms with Crippen molar-refractivity contribution in [1.29, 1.82) is 0 Å². The van der Waals surface area contributed by atoms with Crippen molar-refractivity contribution in [2.24, 2.45) is 10.1 Å². The van der Waals surface area contributed by atoms with E-state index in [1.165, 1.54) is 11.8 Å². The van der Waals surface area contributed by atoms with E-state index in [2.05, 4.69) is 41.2 Å². The average molecular weight is 499 g/mol. The summed E-state index contributed by atoms with van der Waals surface area (Å²) in [5.41, 5.74) is 1.76. The van der Waals surface area contributed by atoms with Crippen molar-refractivity contribution < 1.29 is 23.4 Å². The zero-order valence-corrected chi connectivity index (χ0v) is 17.7. The van der Waals surface area contributed by atoms with Crippen LogP contribution in [0.5, 0.6) is 0 Å². The minimum absolute atomic E-state index is 0.119. The highest BCUT2D eigenvalue weighted by molar-refractivity contribution is 9.10. The number of carbonyl (C=O) groups is 1. The third-order valence-electron chi connectivity index (χ3n) is 2.79. The predicted octanol–water partition coefficient (Wildman–Crippen LogP) is 2.27. The van der Waals surface area contributed by atoms with Crippen LogP contribution >= 0.6 is 39.6 Å². The molecule has 9 nitrogen and oxygen atoms in total. The molecule has 0 radical (unpaired) electrons. The van der Waals surface area contributed by atoms with E-state index in [4.69, 9.17) is 5.14 Å². The first-order valence-corrected chi connectivity index (χ1v) is 10.3. The summed E-state index contributed by atoms with van der Waals surface area (Å²) in [4.78, 5) is 13.2. The lowest BCUT2D eigenvalue weighted by molar-refractivity contribution is -0.105. The van der Waals surface area contributed by atoms with Gasteiger partial charge in [0.2, 0.25) is 0 Å². The van der Waals surface area contributed by atoms with E-state index in [0.29, 0.717) is 16.5 Å². The van der Waals surface area contributed by atoms with Crippen molar-refractivity contribution in [1.82, 2.24) is 21.1 Å². The highest BCUT2D eigenvalue weighted by Crippen LogP contribution is 2.28. The molecule has 0 fully saturated rings. The maximum Gasteiger partial charge on any atom is 0.186 e. The van der Waals surface area contributed by atoms with Crippen molar-refractivity contribution in [3.63, 3.8) is 0 Å². The third-order valence-corrected chi connectivity index (χ3v) is 4.80. The van der Waals surface area contributed by atoms with E-state index >= 15 is 0 Å². The Kier molecular flexibility index (Phi) is 11.9. The Balaban J connectivity index is 0.000000696. The SMILES string of the molecule is CNCCSc1nonc1C(=Nc1ccc(F)c(Br)c1F)NO.NSCC=O. The summed E-state index contributed by atoms with van der Waals surface area (Å²) in [6.45, 7) is 0.718. The van der Waals surface area contributed by atoms with Crippen LogP contribution in [-0.4, -0.2) is 52.7 Å². The standard InChI is InChI=1S/C12H12BrF2N5O2S.C2H5NOS/c1-16-4-5-23-12-10(19-22-20-12)11(18-21)17-7-3-2-6(14)8(13)9(7)15;3-5-2-1-4/h2-3,16,21H,4-5H2,1H3,(H,17,18);1H,2-3H2. The van der Waals surface area contributed by atoms with Gasteiger partial charge in [0, 0.05) is 12.3 Å². The summed E-state index contributed by atoms with van der Waals surface area (Å²) in [6.07, 6.45) is 0.769. The molecular weight excluding hydrogens is 482 g/mol. The molecule has 0 saturated heterocycles. The molecule has 2 aromatic rings. The molecule has 0 aliphatic rings. The quantitative estimate of drug-likeness (QED) is 0.0625. The van der Waals surface area contributed by atoms with Gasteiger partial charge in [0.25, 0.3) is 0 Å². The van der Waals surface area contributed by atoms with Gasteiger partial charge in [-0.15, -0.1) is 0 Å². The van der Waals surface area contributed by atoms with Gasteiger partial charge >= 0.3 is 0 Å². The second-order valence-corrected chi connectivity index (χ2v) is 7.18. The number of carbonyl (C=O) groups excluding carboxylic acids is 1. The zero-order chi connectivity index (χ0) is 20.9. The molecule has 1 aromatic carbocycles. The van der Waals surface area contributed by atoms with E-state index in [1.54, 1.807) is 7.05 Å². The highest BCUT2D eigenvalue weighted by Gasteiger charge is 2.18. The third kappa shape index (κ3) is 7.44. The average Bonchev–Trinajstić information content (AvgIpc) is 3.15. The number of nitrogens with zero attached hydrogens (tertiary/aromatic N) is 3. The van der Waals surface area contributed by atoms with Crippen LogP contribution in [0.2, 0.25) is 0 Å². The number of hydrogen-bond donors (Lipinski definition) is 4. The second kappa shape index (κ2) is 13.6. The Morgan fingerprint density at radius 3 is 2.79 bits per heavy atom. The van der Waals surface area contributed by atoms with Crippen LogP contribution in [0.1, 0.15) is 5.69 Å². The predicted molar refractivity (Wildman–Crippen MR) is 107 cm³/mol. The topological polar surface area (TPSA) is 139 Å². The van der Waals surface area contributed by atoms with Gasteiger partial charge < -0.3 is 10.1 Å². The van der Waals surface area contributed by atoms with Crippen molar-refractivity contribution in [2.75, 3.05) is 25.1 Å². The Hall–Kier alpha value is -1.58. The van der Waals surface area contributed by atoms with Crippen molar-refractivity contribution in [2.45, 2.75) is 5.03 Å². The minimum atomic E-state index is -0.904. The fraction of sp³-hybridized carbons (Fsp3) is 0.286. The van der Waals surface area contributed by atoms with Crippen LogP contribution in [0.4, 0.5) is 14.5 Å². The first-order chi connectivity index (χ1) is 13.5. The van der Waals surface area contributed by atoms with Crippen molar-refractivity contribution in [3.8, 4) is 0 Å². The lowest BCUT2D eigenvalue weighted by Gasteiger charge is -2.05. The number of aliphatic imine (C=N–C) groups is 1. The fourth-order valence-corrected chi connectivity index (χ4v) is 2.83. The molecule has 154 valence electrons. The summed E-state index contributed by atoms with van der Waals surface area (Å²) in [5, 5.41) is 24.8. The smallest absolute Gasteiger partial charge is 0.186 e. The second-order valence-electron chi connectivity index (χ2n) is 4.64. The van der Waals surface area contributed by atoms with E-state index in [1.807, 2.05) is 5.48 Å². The molecule has 0 spiro atoms. The summed E-state index contributed by atoms with van der Waals surface area (Å²) < 4.78 is 31.5. The molecule has 0 unspecified atom stereocenters. The van der Waals surface area contributed by atoms with Crippen molar-refractivity contribution >= 4 is 57.4 Å². The number of nitrogens with one attached hydrogen (secondary N) is 2. The zero-order valence-electron chi connectivity index (χ0n) is 14.5. The Morgan fingerprint density at radius 2 is 2.21 bits per heavy atom. The van der Waals surface area contributed by atoms with Gasteiger partial charge in [-0.2, -0.15) is 0 Å². The molecule has 0 aliphatic heterocycles. The van der Waals surface area contributed by atoms with Gasteiger partial charge in [0.05, 0.1) is 10.2 Å². The lowest BCUT2D eigenvalue weighted by Crippen LogP contribution is -2.21. The molecule has 5 N–H and O–H groups in total. The van der Waals surface area contributed by atoms with Gasteiger partial charge in [-0.25, -0.2) is 18.4 Å². The van der Waals surface area contributed by atoms with Gasteiger partial charge in [-0.3, -0.25) is 15.8 Å². The van der Waals surface area contributed by atoms with Crippen LogP contribution in [0.25, 0.3) is 0 Å². The Bertz CT molecular complexity index is 796. The molecule has 1 heterocycles. The minimum Gasteiger partial charge on any atom is -0.319 e. The van der Waals surface area contributed by atoms with Crippen LogP contribution in [0.3, 0.4) is 0 Å². The van der Waals surface area contributed by atoms with Gasteiger partial charge in [0.1, 0.15) is 17.8 Å². The number of hydrogen-bond acceptors (Lipinski definition) is 10. The van der Waals surface area contributed by atoms with Gasteiger partial charge in [-0.1, -0.05) is 23.7 Å². The van der Waals surface area contributed by atoms with Crippen LogP contribution in [-0.2, 0) is 4.79 Å². The molecular formula is C14H17BrF2N6O3S2. The van der Waals surface area contributed by atoms with E-state index in [-0.39, 0.29) is 21.7 Å². The van der Waals surface area contributed by atoms with Crippen LogP contribution < -0.4 is 15.9 Å². The molecule has 2 rings (SSSR count). The van der Waals surface area contributed by atoms with Gasteiger partial charge in [0.15, 0.2) is 22.4 Å². The number of nitrogens with two attached hydrogens (primary N) is 1. The first-order valence-electron chi connectivity index (χ1n) is 7.48. The molecule has 0 atom stereocenters. The molecule has 28 heavy (non-hydrogen) atoms. The lowest BCUT2D eigenvalue weighted by atomic mass is 10.3. The van der Waals surface area contributed by atoms with E-state index < -0.39 is 11.6 Å². The summed E-state index contributed by atoms with van der Waals surface area (Å²) in [7, 11) is 1.81. The molecule has 0 saturated carbocycles. The van der Waals surface area contributed by atoms with Crippen molar-refractivity contribution in [3.05, 3.63) is 33.9 Å². The monoisotopic (exact) mass is 498 g/mol. The molecule has 0 aliphatic carbocycles. The number of benzene rings is 1. The summed E-state index contributed by atoms with van der Waals surface area (Å²) in [6, 6.07) is 2.18. The molecule has 0 bridgehead atoms. The van der Waals surface area contributed by atoms with Crippen LogP contribution in [0, 0.1) is 11.6 Å². The van der Waals surface area contributed by atoms with Gasteiger partial charge in [-0.05, 0) is 45.4 Å². The number of hydroxylamine groups is 1. The summed E-state index contributed by atoms with van der Waals surface area (Å²) in [5.74, 6) is -0.757. The number of aldehydes is 1. The molecule has 1 aromatic heterocycles.